The first-order chi connectivity index (χ1) is 13.0. The Morgan fingerprint density at radius 2 is 1.96 bits per heavy atom. The molecule has 27 heavy (non-hydrogen) atoms. The minimum absolute atomic E-state index is 0.0930. The highest BCUT2D eigenvalue weighted by atomic mass is 19.3. The van der Waals surface area contributed by atoms with Gasteiger partial charge in [0.15, 0.2) is 11.6 Å². The molecule has 0 atom stereocenters. The van der Waals surface area contributed by atoms with Crippen molar-refractivity contribution >= 4 is 28.2 Å². The van der Waals surface area contributed by atoms with Crippen molar-refractivity contribution in [2.45, 2.75) is 13.3 Å². The molecule has 138 valence electrons. The van der Waals surface area contributed by atoms with Crippen LogP contribution in [0.2, 0.25) is 0 Å². The molecule has 0 fully saturated rings. The molecule has 0 aliphatic rings. The number of fused-ring (bicyclic) bond motifs is 3. The van der Waals surface area contributed by atoms with Crippen LogP contribution in [0.15, 0.2) is 42.7 Å². The Morgan fingerprint density at radius 1 is 1.15 bits per heavy atom. The quantitative estimate of drug-likeness (QED) is 0.500. The number of alkyl halides is 2. The molecule has 0 spiro atoms. The maximum Gasteiger partial charge on any atom is 0.257 e. The molecule has 4 aromatic rings. The maximum atomic E-state index is 14.7. The molecule has 4 rings (SSSR count). The first-order valence-corrected chi connectivity index (χ1v) is 8.05. The standard InChI is InChI=1S/C18H13F4N5/c1-10-3-2-4-11(7-10)26(8-14(20)21)17-15-13(6-5-12(19)16(15)22)27-9-23-25-18(27)24-17/h2-7,9,14H,8H2,1H3. The molecule has 0 bridgehead atoms. The predicted octanol–water partition coefficient (Wildman–Crippen LogP) is 4.27. The molecule has 0 N–H and O–H groups in total. The van der Waals surface area contributed by atoms with Gasteiger partial charge in [0.05, 0.1) is 17.4 Å². The molecule has 9 heteroatoms. The van der Waals surface area contributed by atoms with E-state index >= 15 is 0 Å². The average molecular weight is 375 g/mol. The average Bonchev–Trinajstić information content (AvgIpc) is 3.10. The highest BCUT2D eigenvalue weighted by Crippen LogP contribution is 2.34. The third-order valence-corrected chi connectivity index (χ3v) is 4.18. The summed E-state index contributed by atoms with van der Waals surface area (Å²) in [5.41, 5.74) is 1.44. The van der Waals surface area contributed by atoms with E-state index < -0.39 is 24.6 Å². The molecule has 0 radical (unpaired) electrons. The fraction of sp³-hybridized carbons (Fsp3) is 0.167. The van der Waals surface area contributed by atoms with E-state index in [0.29, 0.717) is 5.69 Å². The van der Waals surface area contributed by atoms with Gasteiger partial charge in [-0.3, -0.25) is 4.40 Å². The summed E-state index contributed by atoms with van der Waals surface area (Å²) in [7, 11) is 0. The van der Waals surface area contributed by atoms with Gasteiger partial charge < -0.3 is 4.90 Å². The molecule has 0 aliphatic carbocycles. The molecule has 0 aliphatic heterocycles. The number of halogens is 4. The molecule has 2 aromatic heterocycles. The van der Waals surface area contributed by atoms with Crippen LogP contribution in [0.5, 0.6) is 0 Å². The largest absolute Gasteiger partial charge is 0.320 e. The Balaban J connectivity index is 2.07. The minimum atomic E-state index is -2.73. The molecule has 5 nitrogen and oxygen atoms in total. The number of aryl methyl sites for hydroxylation is 1. The van der Waals surface area contributed by atoms with E-state index in [4.69, 9.17) is 0 Å². The van der Waals surface area contributed by atoms with Gasteiger partial charge in [0.1, 0.15) is 12.1 Å². The van der Waals surface area contributed by atoms with Crippen LogP contribution in [-0.2, 0) is 0 Å². The Kier molecular flexibility index (Phi) is 4.14. The molecule has 2 aromatic carbocycles. The van der Waals surface area contributed by atoms with Crippen LogP contribution < -0.4 is 4.90 Å². The van der Waals surface area contributed by atoms with Crippen LogP contribution in [0, 0.1) is 18.6 Å². The summed E-state index contributed by atoms with van der Waals surface area (Å²) in [5.74, 6) is -2.32. The molecular formula is C18H13F4N5. The highest BCUT2D eigenvalue weighted by Gasteiger charge is 2.24. The Hall–Kier alpha value is -3.23. The Labute approximate surface area is 150 Å². The fourth-order valence-electron chi connectivity index (χ4n) is 3.02. The van der Waals surface area contributed by atoms with Gasteiger partial charge in [-0.05, 0) is 36.8 Å². The summed E-state index contributed by atoms with van der Waals surface area (Å²) in [6, 6.07) is 9.07. The summed E-state index contributed by atoms with van der Waals surface area (Å²) in [6.07, 6.45) is -1.43. The summed E-state index contributed by atoms with van der Waals surface area (Å²) in [4.78, 5) is 5.36. The topological polar surface area (TPSA) is 46.3 Å². The molecule has 0 saturated carbocycles. The lowest BCUT2D eigenvalue weighted by Crippen LogP contribution is -2.25. The second-order valence-electron chi connectivity index (χ2n) is 6.03. The van der Waals surface area contributed by atoms with Crippen molar-refractivity contribution < 1.29 is 17.6 Å². The van der Waals surface area contributed by atoms with E-state index in [0.717, 1.165) is 16.5 Å². The summed E-state index contributed by atoms with van der Waals surface area (Å²) < 4.78 is 56.7. The van der Waals surface area contributed by atoms with Gasteiger partial charge in [0.2, 0.25) is 0 Å². The monoisotopic (exact) mass is 375 g/mol. The summed E-state index contributed by atoms with van der Waals surface area (Å²) in [6.45, 7) is 1.06. The van der Waals surface area contributed by atoms with Crippen molar-refractivity contribution in [1.29, 1.82) is 0 Å². The summed E-state index contributed by atoms with van der Waals surface area (Å²) >= 11 is 0. The number of aromatic nitrogens is 4. The third kappa shape index (κ3) is 2.94. The van der Waals surface area contributed by atoms with Crippen molar-refractivity contribution in [3.63, 3.8) is 0 Å². The van der Waals surface area contributed by atoms with E-state index in [1.54, 1.807) is 31.2 Å². The van der Waals surface area contributed by atoms with Crippen molar-refractivity contribution in [3.05, 3.63) is 59.9 Å². The van der Waals surface area contributed by atoms with Crippen LogP contribution in [0.3, 0.4) is 0 Å². The maximum absolute atomic E-state index is 14.7. The lowest BCUT2D eigenvalue weighted by molar-refractivity contribution is 0.158. The van der Waals surface area contributed by atoms with Crippen LogP contribution in [0.1, 0.15) is 5.56 Å². The van der Waals surface area contributed by atoms with Gasteiger partial charge in [0, 0.05) is 5.69 Å². The van der Waals surface area contributed by atoms with Crippen molar-refractivity contribution in [2.24, 2.45) is 0 Å². The molecule has 0 amide bonds. The second-order valence-corrected chi connectivity index (χ2v) is 6.03. The number of benzene rings is 2. The smallest absolute Gasteiger partial charge is 0.257 e. The molecule has 0 unspecified atom stereocenters. The van der Waals surface area contributed by atoms with Gasteiger partial charge in [-0.25, -0.2) is 17.6 Å². The fourth-order valence-corrected chi connectivity index (χ4v) is 3.02. The van der Waals surface area contributed by atoms with Crippen molar-refractivity contribution in [1.82, 2.24) is 19.6 Å². The van der Waals surface area contributed by atoms with E-state index in [1.165, 1.54) is 16.8 Å². The number of hydrogen-bond acceptors (Lipinski definition) is 4. The first kappa shape index (κ1) is 17.2. The normalized spacial score (nSPS) is 11.6. The van der Waals surface area contributed by atoms with Crippen molar-refractivity contribution in [3.8, 4) is 0 Å². The van der Waals surface area contributed by atoms with Crippen LogP contribution in [-0.4, -0.2) is 32.6 Å². The lowest BCUT2D eigenvalue weighted by Gasteiger charge is -2.25. The number of rotatable bonds is 4. The molecular weight excluding hydrogens is 362 g/mol. The number of anilines is 2. The van der Waals surface area contributed by atoms with Gasteiger partial charge in [-0.1, -0.05) is 12.1 Å². The van der Waals surface area contributed by atoms with Gasteiger partial charge in [0.25, 0.3) is 12.2 Å². The van der Waals surface area contributed by atoms with Crippen LogP contribution in [0.4, 0.5) is 29.1 Å². The van der Waals surface area contributed by atoms with Crippen LogP contribution in [0.25, 0.3) is 16.7 Å². The second kappa shape index (κ2) is 6.49. The van der Waals surface area contributed by atoms with E-state index in [-0.39, 0.29) is 22.5 Å². The number of nitrogens with zero attached hydrogens (tertiary/aromatic N) is 5. The van der Waals surface area contributed by atoms with E-state index in [1.807, 2.05) is 0 Å². The predicted molar refractivity (Wildman–Crippen MR) is 92.4 cm³/mol. The number of hydrogen-bond donors (Lipinski definition) is 0. The van der Waals surface area contributed by atoms with Gasteiger partial charge >= 0.3 is 0 Å². The zero-order valence-electron chi connectivity index (χ0n) is 14.1. The van der Waals surface area contributed by atoms with Crippen molar-refractivity contribution in [2.75, 3.05) is 11.4 Å². The third-order valence-electron chi connectivity index (χ3n) is 4.18. The van der Waals surface area contributed by atoms with E-state index in [9.17, 15) is 17.6 Å². The van der Waals surface area contributed by atoms with Crippen LogP contribution >= 0.6 is 0 Å². The SMILES string of the molecule is Cc1cccc(N(CC(F)F)c2nc3nncn3c3ccc(F)c(F)c23)c1. The van der Waals surface area contributed by atoms with Gasteiger partial charge in [-0.15, -0.1) is 10.2 Å². The Bertz CT molecular complexity index is 1140. The molecule has 2 heterocycles. The zero-order valence-corrected chi connectivity index (χ0v) is 14.1. The van der Waals surface area contributed by atoms with Gasteiger partial charge in [-0.2, -0.15) is 4.98 Å². The first-order valence-electron chi connectivity index (χ1n) is 8.05. The molecule has 0 saturated heterocycles. The van der Waals surface area contributed by atoms with E-state index in [2.05, 4.69) is 15.2 Å². The zero-order chi connectivity index (χ0) is 19.1. The summed E-state index contributed by atoms with van der Waals surface area (Å²) in [5, 5.41) is 7.33. The Morgan fingerprint density at radius 3 is 2.70 bits per heavy atom. The lowest BCUT2D eigenvalue weighted by atomic mass is 10.1. The minimum Gasteiger partial charge on any atom is -0.320 e. The highest BCUT2D eigenvalue weighted by molar-refractivity contribution is 5.94.